The van der Waals surface area contributed by atoms with Crippen molar-refractivity contribution < 1.29 is 34.1 Å². The van der Waals surface area contributed by atoms with E-state index in [4.69, 9.17) is 21.7 Å². The molecule has 9 nitrogen and oxygen atoms in total. The van der Waals surface area contributed by atoms with Gasteiger partial charge in [0.15, 0.2) is 6.61 Å². The summed E-state index contributed by atoms with van der Waals surface area (Å²) < 4.78 is 11.2. The summed E-state index contributed by atoms with van der Waals surface area (Å²) in [6.07, 6.45) is 1.59. The monoisotopic (exact) mass is 564 g/mol. The molecule has 4 rings (SSSR count). The summed E-state index contributed by atoms with van der Waals surface area (Å²) in [5.74, 6) is -1.22. The molecule has 0 radical (unpaired) electrons. The van der Waals surface area contributed by atoms with Crippen molar-refractivity contribution in [3.8, 4) is 17.2 Å². The van der Waals surface area contributed by atoms with Crippen LogP contribution in [0.3, 0.4) is 0 Å². The van der Waals surface area contributed by atoms with Crippen molar-refractivity contribution in [1.29, 1.82) is 0 Å². The van der Waals surface area contributed by atoms with E-state index in [0.29, 0.717) is 28.3 Å². The number of ether oxygens (including phenoxy) is 2. The summed E-state index contributed by atoms with van der Waals surface area (Å²) >= 11 is 6.37. The number of aromatic hydroxyl groups is 1. The molecular weight excluding hydrogens is 540 g/mol. The largest absolute Gasteiger partial charge is 0.508 e. The van der Waals surface area contributed by atoms with Crippen LogP contribution in [-0.4, -0.2) is 57.0 Å². The van der Waals surface area contributed by atoms with Gasteiger partial charge >= 0.3 is 5.97 Å². The van der Waals surface area contributed by atoms with Gasteiger partial charge in [-0.3, -0.25) is 14.5 Å². The topological polar surface area (TPSA) is 125 Å². The van der Waals surface area contributed by atoms with Gasteiger partial charge in [-0.2, -0.15) is 0 Å². The Morgan fingerprint density at radius 3 is 2.49 bits per heavy atom. The molecule has 1 saturated heterocycles. The highest BCUT2D eigenvalue weighted by atomic mass is 32.2. The molecule has 1 unspecified atom stereocenters. The zero-order valence-electron chi connectivity index (χ0n) is 20.7. The quantitative estimate of drug-likeness (QED) is 0.244. The molecule has 1 atom stereocenters. The summed E-state index contributed by atoms with van der Waals surface area (Å²) in [4.78, 5) is 38.8. The van der Waals surface area contributed by atoms with Crippen molar-refractivity contribution in [2.75, 3.05) is 19.0 Å². The van der Waals surface area contributed by atoms with Crippen LogP contribution in [0, 0.1) is 0 Å². The van der Waals surface area contributed by atoms with Crippen molar-refractivity contribution in [1.82, 2.24) is 4.90 Å². The number of benzene rings is 3. The van der Waals surface area contributed by atoms with Crippen LogP contribution < -0.4 is 14.8 Å². The van der Waals surface area contributed by atoms with Crippen molar-refractivity contribution in [2.24, 2.45) is 0 Å². The number of hydrogen-bond donors (Lipinski definition) is 3. The number of rotatable bonds is 10. The third-order valence-corrected chi connectivity index (χ3v) is 7.04. The number of carboxylic acids is 1. The van der Waals surface area contributed by atoms with Gasteiger partial charge in [-0.1, -0.05) is 54.3 Å². The number of para-hydroxylation sites is 1. The van der Waals surface area contributed by atoms with Crippen molar-refractivity contribution in [3.63, 3.8) is 0 Å². The predicted octanol–water partition coefficient (Wildman–Crippen LogP) is 4.32. The van der Waals surface area contributed by atoms with E-state index >= 15 is 0 Å². The first-order chi connectivity index (χ1) is 18.7. The highest BCUT2D eigenvalue weighted by molar-refractivity contribution is 8.26. The number of thioether (sulfide) groups is 1. The molecule has 0 aliphatic carbocycles. The molecule has 0 spiro atoms. The summed E-state index contributed by atoms with van der Waals surface area (Å²) in [7, 11) is 1.46. The van der Waals surface area contributed by atoms with E-state index in [0.717, 1.165) is 16.7 Å². The van der Waals surface area contributed by atoms with Crippen LogP contribution in [0.15, 0.2) is 77.7 Å². The number of phenols is 1. The van der Waals surface area contributed by atoms with Crippen LogP contribution in [-0.2, 0) is 20.8 Å². The number of nitrogens with zero attached hydrogens (tertiary/aromatic N) is 1. The Balaban J connectivity index is 1.47. The molecule has 0 aromatic heterocycles. The normalized spacial score (nSPS) is 14.8. The molecule has 200 valence electrons. The number of anilines is 1. The van der Waals surface area contributed by atoms with Crippen LogP contribution in [0.4, 0.5) is 5.69 Å². The van der Waals surface area contributed by atoms with Crippen LogP contribution in [0.2, 0.25) is 0 Å². The van der Waals surface area contributed by atoms with Crippen LogP contribution in [0.5, 0.6) is 17.2 Å². The van der Waals surface area contributed by atoms with E-state index in [2.05, 4.69) is 5.32 Å². The zero-order valence-corrected chi connectivity index (χ0v) is 22.3. The SMILES string of the molecule is COc1cc(OCC(=O)Nc2ccccc2)ccc1/C=C1\SC(=S)N(C(Cc2ccc(O)cc2)C(=O)O)C1=O. The van der Waals surface area contributed by atoms with E-state index in [9.17, 15) is 24.6 Å². The Kier molecular flexibility index (Phi) is 8.84. The summed E-state index contributed by atoms with van der Waals surface area (Å²) in [6.45, 7) is -0.215. The minimum Gasteiger partial charge on any atom is -0.508 e. The number of nitrogens with one attached hydrogen (secondary N) is 1. The van der Waals surface area contributed by atoms with Gasteiger partial charge in [0.25, 0.3) is 11.8 Å². The smallest absolute Gasteiger partial charge is 0.327 e. The molecule has 11 heteroatoms. The third-order valence-electron chi connectivity index (χ3n) is 5.70. The maximum Gasteiger partial charge on any atom is 0.327 e. The number of methoxy groups -OCH3 is 1. The minimum absolute atomic E-state index is 0.0164. The number of carbonyl (C=O) groups is 3. The Morgan fingerprint density at radius 2 is 1.82 bits per heavy atom. The number of amides is 2. The van der Waals surface area contributed by atoms with E-state index in [1.165, 1.54) is 19.2 Å². The molecule has 3 N–H and O–H groups in total. The molecule has 1 fully saturated rings. The van der Waals surface area contributed by atoms with Gasteiger partial charge in [-0.05, 0) is 48.0 Å². The standard InChI is InChI=1S/C28H24N2O7S2/c1-36-23-15-21(37-16-25(32)29-19-5-3-2-4-6-19)12-9-18(23)14-24-26(33)30(28(38)39-24)22(27(34)35)13-17-7-10-20(31)11-8-17/h2-12,14-15,22,31H,13,16H2,1H3,(H,29,32)(H,34,35)/b24-14-. The van der Waals surface area contributed by atoms with E-state index in [1.54, 1.807) is 48.5 Å². The highest BCUT2D eigenvalue weighted by Crippen LogP contribution is 2.37. The first-order valence-corrected chi connectivity index (χ1v) is 12.9. The number of carboxylic acid groups (broad SMARTS) is 1. The van der Waals surface area contributed by atoms with Gasteiger partial charge in [0.1, 0.15) is 27.6 Å². The van der Waals surface area contributed by atoms with Crippen LogP contribution >= 0.6 is 24.0 Å². The van der Waals surface area contributed by atoms with Gasteiger partial charge in [-0.25, -0.2) is 4.79 Å². The number of carbonyl (C=O) groups excluding carboxylic acids is 2. The molecule has 0 saturated carbocycles. The Labute approximate surface area is 234 Å². The molecule has 1 aliphatic rings. The van der Waals surface area contributed by atoms with Gasteiger partial charge in [0, 0.05) is 23.7 Å². The molecule has 1 heterocycles. The van der Waals surface area contributed by atoms with Crippen LogP contribution in [0.1, 0.15) is 11.1 Å². The van der Waals surface area contributed by atoms with Gasteiger partial charge < -0.3 is 25.0 Å². The van der Waals surface area contributed by atoms with Crippen molar-refractivity contribution >= 4 is 57.8 Å². The average molecular weight is 565 g/mol. The van der Waals surface area contributed by atoms with E-state index < -0.39 is 17.9 Å². The zero-order chi connectivity index (χ0) is 27.9. The summed E-state index contributed by atoms with van der Waals surface area (Å²) in [6, 6.07) is 18.8. The third kappa shape index (κ3) is 6.95. The second-order valence-corrected chi connectivity index (χ2v) is 10.1. The second kappa shape index (κ2) is 12.5. The van der Waals surface area contributed by atoms with Gasteiger partial charge in [-0.15, -0.1) is 0 Å². The fourth-order valence-electron chi connectivity index (χ4n) is 3.80. The Bertz CT molecular complexity index is 1430. The Morgan fingerprint density at radius 1 is 1.10 bits per heavy atom. The lowest BCUT2D eigenvalue weighted by Gasteiger charge is -2.23. The lowest BCUT2D eigenvalue weighted by atomic mass is 10.0. The molecule has 1 aliphatic heterocycles. The number of hydrogen-bond acceptors (Lipinski definition) is 8. The van der Waals surface area contributed by atoms with Gasteiger partial charge in [0.2, 0.25) is 0 Å². The van der Waals surface area contributed by atoms with E-state index in [1.807, 2.05) is 18.2 Å². The average Bonchev–Trinajstić information content (AvgIpc) is 3.20. The van der Waals surface area contributed by atoms with Gasteiger partial charge in [0.05, 0.1) is 12.0 Å². The van der Waals surface area contributed by atoms with Crippen molar-refractivity contribution in [2.45, 2.75) is 12.5 Å². The predicted molar refractivity (Wildman–Crippen MR) is 152 cm³/mol. The maximum absolute atomic E-state index is 13.2. The molecule has 2 amide bonds. The summed E-state index contributed by atoms with van der Waals surface area (Å²) in [5.41, 5.74) is 1.84. The minimum atomic E-state index is -1.22. The number of aliphatic carboxylic acids is 1. The molecule has 3 aromatic rings. The fraction of sp³-hybridized carbons (Fsp3) is 0.143. The molecular formula is C28H24N2O7S2. The van der Waals surface area contributed by atoms with E-state index in [-0.39, 0.29) is 33.9 Å². The van der Waals surface area contributed by atoms with Crippen LogP contribution in [0.25, 0.3) is 6.08 Å². The first kappa shape index (κ1) is 27.7. The fourth-order valence-corrected chi connectivity index (χ4v) is 5.15. The molecule has 3 aromatic carbocycles. The lowest BCUT2D eigenvalue weighted by molar-refractivity contribution is -0.145. The highest BCUT2D eigenvalue weighted by Gasteiger charge is 2.40. The Hall–Kier alpha value is -4.35. The summed E-state index contributed by atoms with van der Waals surface area (Å²) in [5, 5.41) is 22.1. The molecule has 0 bridgehead atoms. The number of thiocarbonyl (C=S) groups is 1. The molecule has 39 heavy (non-hydrogen) atoms. The first-order valence-electron chi connectivity index (χ1n) is 11.7. The number of phenolic OH excluding ortho intramolecular Hbond substituents is 1. The lowest BCUT2D eigenvalue weighted by Crippen LogP contribution is -2.45. The van der Waals surface area contributed by atoms with Crippen molar-refractivity contribution in [3.05, 3.63) is 88.8 Å². The maximum atomic E-state index is 13.2. The second-order valence-electron chi connectivity index (χ2n) is 8.38.